The molecule has 2 rings (SSSR count). The van der Waals surface area contributed by atoms with Gasteiger partial charge in [0.15, 0.2) is 12.6 Å². The SMILES string of the molecule is CCCC/C=C\CCCCCCCC(=O)NC(COC1OC(CO)C(OC2OC(CO)C(O)C(O)C2O)C(O)C1O)C(O)/C=C/CCCCCCCCCCCCCCCCCCCCCCCCCCCCCCCC. The summed E-state index contributed by atoms with van der Waals surface area (Å²) in [5.74, 6) is -0.248. The second-order valence-corrected chi connectivity index (χ2v) is 22.9. The summed E-state index contributed by atoms with van der Waals surface area (Å²) in [6.07, 6.45) is 42.6. The Bertz CT molecular complexity index is 1390. The van der Waals surface area contributed by atoms with Crippen molar-refractivity contribution in [3.8, 4) is 0 Å². The highest BCUT2D eigenvalue weighted by atomic mass is 16.7. The van der Waals surface area contributed by atoms with Gasteiger partial charge >= 0.3 is 0 Å². The van der Waals surface area contributed by atoms with Crippen LogP contribution in [-0.2, 0) is 23.7 Å². The summed E-state index contributed by atoms with van der Waals surface area (Å²) in [7, 11) is 0. The van der Waals surface area contributed by atoms with Gasteiger partial charge in [0, 0.05) is 6.42 Å². The molecular formula is C63H119NO13. The molecule has 454 valence electrons. The maximum atomic E-state index is 13.2. The first-order valence-electron chi connectivity index (χ1n) is 32.1. The third kappa shape index (κ3) is 34.5. The zero-order chi connectivity index (χ0) is 56.0. The number of rotatable bonds is 52. The average molecular weight is 1100 g/mol. The van der Waals surface area contributed by atoms with E-state index in [1.807, 2.05) is 6.08 Å². The fraction of sp³-hybridized carbons (Fsp3) is 0.921. The molecule has 9 N–H and O–H groups in total. The molecule has 2 fully saturated rings. The second kappa shape index (κ2) is 49.1. The largest absolute Gasteiger partial charge is 0.394 e. The Hall–Kier alpha value is -1.53. The van der Waals surface area contributed by atoms with Crippen molar-refractivity contribution in [2.75, 3.05) is 19.8 Å². The van der Waals surface area contributed by atoms with Crippen molar-refractivity contribution in [3.05, 3.63) is 24.3 Å². The van der Waals surface area contributed by atoms with Crippen LogP contribution in [0.1, 0.15) is 277 Å². The van der Waals surface area contributed by atoms with Crippen LogP contribution < -0.4 is 5.32 Å². The molecule has 14 heteroatoms. The monoisotopic (exact) mass is 1100 g/mol. The van der Waals surface area contributed by atoms with Crippen molar-refractivity contribution in [1.82, 2.24) is 5.32 Å². The van der Waals surface area contributed by atoms with Gasteiger partial charge in [-0.25, -0.2) is 0 Å². The maximum Gasteiger partial charge on any atom is 0.220 e. The van der Waals surface area contributed by atoms with Crippen LogP contribution in [0.3, 0.4) is 0 Å². The number of amides is 1. The van der Waals surface area contributed by atoms with Gasteiger partial charge in [-0.05, 0) is 38.5 Å². The van der Waals surface area contributed by atoms with Crippen molar-refractivity contribution in [3.63, 3.8) is 0 Å². The smallest absolute Gasteiger partial charge is 0.220 e. The van der Waals surface area contributed by atoms with Crippen molar-refractivity contribution < 1.29 is 64.6 Å². The van der Waals surface area contributed by atoms with Crippen LogP contribution in [-0.4, -0.2) is 140 Å². The van der Waals surface area contributed by atoms with Crippen molar-refractivity contribution >= 4 is 5.91 Å². The molecule has 0 aromatic heterocycles. The number of carbonyl (C=O) groups is 1. The van der Waals surface area contributed by atoms with Crippen molar-refractivity contribution in [2.45, 2.75) is 351 Å². The molecule has 12 atom stereocenters. The third-order valence-corrected chi connectivity index (χ3v) is 15.9. The number of nitrogens with one attached hydrogen (secondary N) is 1. The van der Waals surface area contributed by atoms with Gasteiger partial charge in [0.2, 0.25) is 5.91 Å². The summed E-state index contributed by atoms with van der Waals surface area (Å²) in [4.78, 5) is 13.2. The van der Waals surface area contributed by atoms with E-state index in [4.69, 9.17) is 18.9 Å². The summed E-state index contributed by atoms with van der Waals surface area (Å²) in [5.41, 5.74) is 0. The predicted molar refractivity (Wildman–Crippen MR) is 309 cm³/mol. The molecule has 2 saturated heterocycles. The maximum absolute atomic E-state index is 13.2. The highest BCUT2D eigenvalue weighted by Gasteiger charge is 2.51. The molecule has 2 heterocycles. The molecular weight excluding hydrogens is 979 g/mol. The lowest BCUT2D eigenvalue weighted by Crippen LogP contribution is -2.65. The Morgan fingerprint density at radius 2 is 0.831 bits per heavy atom. The average Bonchev–Trinajstić information content (AvgIpc) is 3.44. The van der Waals surface area contributed by atoms with Crippen molar-refractivity contribution in [2.24, 2.45) is 0 Å². The quantitative estimate of drug-likeness (QED) is 0.0204. The lowest BCUT2D eigenvalue weighted by atomic mass is 9.97. The van der Waals surface area contributed by atoms with E-state index in [9.17, 15) is 45.6 Å². The summed E-state index contributed by atoms with van der Waals surface area (Å²) in [6, 6.07) is -0.916. The van der Waals surface area contributed by atoms with E-state index < -0.39 is 86.8 Å². The lowest BCUT2D eigenvalue weighted by molar-refractivity contribution is -0.359. The predicted octanol–water partition coefficient (Wildman–Crippen LogP) is 11.6. The number of aliphatic hydroxyl groups is 8. The second-order valence-electron chi connectivity index (χ2n) is 22.9. The van der Waals surface area contributed by atoms with E-state index in [1.165, 1.54) is 193 Å². The van der Waals surface area contributed by atoms with Crippen LogP contribution in [0.2, 0.25) is 0 Å². The first-order chi connectivity index (χ1) is 37.6. The minimum Gasteiger partial charge on any atom is -0.394 e. The molecule has 0 aromatic carbocycles. The fourth-order valence-corrected chi connectivity index (χ4v) is 10.7. The fourth-order valence-electron chi connectivity index (χ4n) is 10.7. The Balaban J connectivity index is 1.63. The van der Waals surface area contributed by atoms with Gasteiger partial charge in [0.1, 0.15) is 48.8 Å². The summed E-state index contributed by atoms with van der Waals surface area (Å²) < 4.78 is 22.8. The molecule has 0 bridgehead atoms. The van der Waals surface area contributed by atoms with E-state index in [1.54, 1.807) is 6.08 Å². The minimum absolute atomic E-state index is 0.248. The summed E-state index contributed by atoms with van der Waals surface area (Å²) >= 11 is 0. The Kier molecular flexibility index (Phi) is 45.7. The number of hydrogen-bond acceptors (Lipinski definition) is 13. The standard InChI is InChI=1S/C63H119NO13/c1-3-5-7-9-11-13-15-16-17-18-19-20-21-22-23-24-25-26-27-28-29-30-31-32-33-34-35-37-38-40-42-44-46-52(67)51(64-55(68)47-45-43-41-39-36-14-12-10-8-6-4-2)50-74-62-60(73)58(71)61(54(49-66)76-62)77-63-59(72)57(70)56(69)53(48-65)75-63/h10,12,44,46,51-54,56-63,65-67,69-73H,3-9,11,13-43,45,47-50H2,1-2H3,(H,64,68)/b12-10-,46-44+. The molecule has 0 aliphatic carbocycles. The zero-order valence-corrected chi connectivity index (χ0v) is 49.0. The number of carbonyl (C=O) groups excluding carboxylic acids is 1. The molecule has 12 unspecified atom stereocenters. The van der Waals surface area contributed by atoms with Gasteiger partial charge in [-0.15, -0.1) is 0 Å². The number of allylic oxidation sites excluding steroid dienone is 3. The molecule has 14 nitrogen and oxygen atoms in total. The van der Waals surface area contributed by atoms with Crippen molar-refractivity contribution in [1.29, 1.82) is 0 Å². The normalized spacial score (nSPS) is 24.8. The lowest BCUT2D eigenvalue weighted by Gasteiger charge is -2.46. The molecule has 2 aliphatic heterocycles. The van der Waals surface area contributed by atoms with Crippen LogP contribution in [0.4, 0.5) is 0 Å². The Morgan fingerprint density at radius 3 is 1.27 bits per heavy atom. The van der Waals surface area contributed by atoms with Gasteiger partial charge < -0.3 is 65.1 Å². The first kappa shape index (κ1) is 71.6. The molecule has 0 saturated carbocycles. The van der Waals surface area contributed by atoms with Gasteiger partial charge in [-0.1, -0.05) is 256 Å². The van der Waals surface area contributed by atoms with E-state index in [0.29, 0.717) is 6.42 Å². The topological polar surface area (TPSA) is 228 Å². The zero-order valence-electron chi connectivity index (χ0n) is 49.0. The highest BCUT2D eigenvalue weighted by molar-refractivity contribution is 5.76. The van der Waals surface area contributed by atoms with Gasteiger partial charge in [-0.3, -0.25) is 4.79 Å². The summed E-state index contributed by atoms with van der Waals surface area (Å²) in [5, 5.41) is 87.0. The van der Waals surface area contributed by atoms with Crippen LogP contribution in [0.5, 0.6) is 0 Å². The Labute approximate surface area is 468 Å². The molecule has 0 radical (unpaired) electrons. The molecule has 0 spiro atoms. The van der Waals surface area contributed by atoms with Gasteiger partial charge in [-0.2, -0.15) is 0 Å². The third-order valence-electron chi connectivity index (χ3n) is 15.9. The van der Waals surface area contributed by atoms with Crippen LogP contribution in [0.25, 0.3) is 0 Å². The van der Waals surface area contributed by atoms with E-state index in [0.717, 1.165) is 57.8 Å². The van der Waals surface area contributed by atoms with Gasteiger partial charge in [0.05, 0.1) is 32.0 Å². The number of aliphatic hydroxyl groups excluding tert-OH is 8. The number of ether oxygens (including phenoxy) is 4. The number of unbranched alkanes of at least 4 members (excludes halogenated alkanes) is 37. The molecule has 2 aliphatic rings. The molecule has 0 aromatic rings. The highest BCUT2D eigenvalue weighted by Crippen LogP contribution is 2.30. The van der Waals surface area contributed by atoms with E-state index in [-0.39, 0.29) is 18.9 Å². The van der Waals surface area contributed by atoms with Crippen LogP contribution in [0.15, 0.2) is 24.3 Å². The molecule has 1 amide bonds. The Morgan fingerprint density at radius 1 is 0.455 bits per heavy atom. The molecule has 77 heavy (non-hydrogen) atoms. The van der Waals surface area contributed by atoms with Gasteiger partial charge in [0.25, 0.3) is 0 Å². The van der Waals surface area contributed by atoms with E-state index >= 15 is 0 Å². The van der Waals surface area contributed by atoms with E-state index in [2.05, 4.69) is 31.3 Å². The minimum atomic E-state index is -1.79. The van der Waals surface area contributed by atoms with Crippen LogP contribution in [0, 0.1) is 0 Å². The van der Waals surface area contributed by atoms with Crippen LogP contribution >= 0.6 is 0 Å². The number of hydrogen-bond donors (Lipinski definition) is 9. The first-order valence-corrected chi connectivity index (χ1v) is 32.1. The summed E-state index contributed by atoms with van der Waals surface area (Å²) in [6.45, 7) is 2.77.